The average Bonchev–Trinajstić information content (AvgIpc) is 2.61. The first-order valence-corrected chi connectivity index (χ1v) is 7.81. The van der Waals surface area contributed by atoms with Crippen molar-refractivity contribution < 1.29 is 14.3 Å². The van der Waals surface area contributed by atoms with Crippen molar-refractivity contribution in [2.24, 2.45) is 0 Å². The molecule has 0 saturated carbocycles. The van der Waals surface area contributed by atoms with Crippen LogP contribution < -0.4 is 20.3 Å². The van der Waals surface area contributed by atoms with E-state index in [4.69, 9.17) is 4.74 Å². The van der Waals surface area contributed by atoms with E-state index < -0.39 is 0 Å². The Morgan fingerprint density at radius 1 is 1.12 bits per heavy atom. The molecule has 0 unspecified atom stereocenters. The number of nitrogens with zero attached hydrogens (tertiary/aromatic N) is 1. The summed E-state index contributed by atoms with van der Waals surface area (Å²) in [4.78, 5) is 25.7. The summed E-state index contributed by atoms with van der Waals surface area (Å²) in [7, 11) is 0. The maximum absolute atomic E-state index is 12.2. The topological polar surface area (TPSA) is 70.7 Å². The molecule has 1 fully saturated rings. The van der Waals surface area contributed by atoms with Crippen LogP contribution in [0.3, 0.4) is 0 Å². The number of carbonyl (C=O) groups excluding carboxylic acids is 2. The molecule has 0 aliphatic carbocycles. The third kappa shape index (κ3) is 4.04. The van der Waals surface area contributed by atoms with Gasteiger partial charge in [0.05, 0.1) is 17.9 Å². The Kier molecular flexibility index (Phi) is 4.96. The fraction of sp³-hybridized carbons (Fsp3) is 0.222. The third-order valence-corrected chi connectivity index (χ3v) is 3.67. The summed E-state index contributed by atoms with van der Waals surface area (Å²) in [5.41, 5.74) is 1.51. The van der Waals surface area contributed by atoms with E-state index in [9.17, 15) is 9.59 Å². The van der Waals surface area contributed by atoms with Crippen LogP contribution in [0.15, 0.2) is 54.6 Å². The second kappa shape index (κ2) is 7.50. The summed E-state index contributed by atoms with van der Waals surface area (Å²) in [5, 5.41) is 5.65. The van der Waals surface area contributed by atoms with Gasteiger partial charge in [-0.15, -0.1) is 0 Å². The lowest BCUT2D eigenvalue weighted by molar-refractivity contribution is -0.120. The van der Waals surface area contributed by atoms with Crippen molar-refractivity contribution in [3.63, 3.8) is 0 Å². The first-order chi connectivity index (χ1) is 11.7. The van der Waals surface area contributed by atoms with Gasteiger partial charge in [-0.05, 0) is 24.3 Å². The number of benzene rings is 2. The van der Waals surface area contributed by atoms with Gasteiger partial charge in [-0.2, -0.15) is 0 Å². The van der Waals surface area contributed by atoms with Crippen molar-refractivity contribution in [3.05, 3.63) is 54.6 Å². The molecule has 24 heavy (non-hydrogen) atoms. The number of nitrogens with one attached hydrogen (secondary N) is 2. The molecule has 0 aromatic heterocycles. The number of rotatable bonds is 5. The predicted octanol–water partition coefficient (Wildman–Crippen LogP) is 1.64. The van der Waals surface area contributed by atoms with Gasteiger partial charge < -0.3 is 20.3 Å². The Morgan fingerprint density at radius 3 is 2.67 bits per heavy atom. The molecule has 6 nitrogen and oxygen atoms in total. The molecule has 0 spiro atoms. The maximum atomic E-state index is 12.2. The highest BCUT2D eigenvalue weighted by molar-refractivity contribution is 5.96. The van der Waals surface area contributed by atoms with Gasteiger partial charge in [0.15, 0.2) is 6.61 Å². The summed E-state index contributed by atoms with van der Waals surface area (Å²) in [5.74, 6) is 0.385. The molecule has 1 saturated heterocycles. The molecule has 2 N–H and O–H groups in total. The summed E-state index contributed by atoms with van der Waals surface area (Å²) < 4.78 is 5.45. The van der Waals surface area contributed by atoms with Gasteiger partial charge in [-0.25, -0.2) is 0 Å². The third-order valence-electron chi connectivity index (χ3n) is 3.67. The minimum Gasteiger partial charge on any atom is -0.484 e. The van der Waals surface area contributed by atoms with E-state index in [-0.39, 0.29) is 25.0 Å². The van der Waals surface area contributed by atoms with Crippen molar-refractivity contribution in [2.45, 2.75) is 0 Å². The number of piperazine rings is 1. The van der Waals surface area contributed by atoms with Crippen LogP contribution in [0.2, 0.25) is 0 Å². The van der Waals surface area contributed by atoms with E-state index in [0.717, 1.165) is 5.69 Å². The van der Waals surface area contributed by atoms with Crippen LogP contribution in [0.1, 0.15) is 0 Å². The van der Waals surface area contributed by atoms with E-state index in [1.54, 1.807) is 12.1 Å². The minimum absolute atomic E-state index is 0.0187. The highest BCUT2D eigenvalue weighted by atomic mass is 16.5. The van der Waals surface area contributed by atoms with Crippen LogP contribution in [-0.4, -0.2) is 38.1 Å². The fourth-order valence-corrected chi connectivity index (χ4v) is 2.55. The van der Waals surface area contributed by atoms with Gasteiger partial charge in [0.1, 0.15) is 5.75 Å². The second-order valence-electron chi connectivity index (χ2n) is 5.44. The van der Waals surface area contributed by atoms with E-state index in [1.807, 2.05) is 47.4 Å². The summed E-state index contributed by atoms with van der Waals surface area (Å²) in [6.07, 6.45) is 0. The lowest BCUT2D eigenvalue weighted by Crippen LogP contribution is -2.48. The highest BCUT2D eigenvalue weighted by Gasteiger charge is 2.19. The molecule has 1 aliphatic rings. The molecule has 124 valence electrons. The zero-order valence-corrected chi connectivity index (χ0v) is 13.2. The molecule has 1 heterocycles. The SMILES string of the molecule is O=C1CN(c2ccccc2NC(=O)COc2ccccc2)CCN1. The van der Waals surface area contributed by atoms with Gasteiger partial charge in [-0.3, -0.25) is 9.59 Å². The molecule has 0 bridgehead atoms. The largest absolute Gasteiger partial charge is 0.484 e. The second-order valence-corrected chi connectivity index (χ2v) is 5.44. The Balaban J connectivity index is 1.64. The van der Waals surface area contributed by atoms with E-state index >= 15 is 0 Å². The van der Waals surface area contributed by atoms with Gasteiger partial charge in [-0.1, -0.05) is 30.3 Å². The van der Waals surface area contributed by atoms with Gasteiger partial charge in [0.25, 0.3) is 5.91 Å². The van der Waals surface area contributed by atoms with Crippen molar-refractivity contribution in [3.8, 4) is 5.75 Å². The number of hydrogen-bond acceptors (Lipinski definition) is 4. The molecule has 1 aliphatic heterocycles. The summed E-state index contributed by atoms with van der Waals surface area (Å²) >= 11 is 0. The number of carbonyl (C=O) groups is 2. The van der Waals surface area contributed by atoms with Gasteiger partial charge in [0, 0.05) is 13.1 Å². The molecule has 6 heteroatoms. The maximum Gasteiger partial charge on any atom is 0.262 e. The number of anilines is 2. The van der Waals surface area contributed by atoms with Gasteiger partial charge >= 0.3 is 0 Å². The Labute approximate surface area is 140 Å². The van der Waals surface area contributed by atoms with Crippen LogP contribution in [0.4, 0.5) is 11.4 Å². The van der Waals surface area contributed by atoms with Crippen LogP contribution in [0.25, 0.3) is 0 Å². The number of amides is 2. The smallest absolute Gasteiger partial charge is 0.262 e. The predicted molar refractivity (Wildman–Crippen MR) is 92.2 cm³/mol. The van der Waals surface area contributed by atoms with Crippen molar-refractivity contribution >= 4 is 23.2 Å². The minimum atomic E-state index is -0.243. The molecular formula is C18H19N3O3. The van der Waals surface area contributed by atoms with Crippen LogP contribution >= 0.6 is 0 Å². The van der Waals surface area contributed by atoms with Crippen molar-refractivity contribution in [2.75, 3.05) is 36.5 Å². The number of para-hydroxylation sites is 3. The van der Waals surface area contributed by atoms with Crippen LogP contribution in [0, 0.1) is 0 Å². The molecule has 0 atom stereocenters. The molecular weight excluding hydrogens is 306 g/mol. The normalized spacial score (nSPS) is 14.0. The lowest BCUT2D eigenvalue weighted by atomic mass is 10.2. The van der Waals surface area contributed by atoms with E-state index in [0.29, 0.717) is 24.5 Å². The Bertz CT molecular complexity index is 718. The standard InChI is InChI=1S/C18H19N3O3/c22-17-12-21(11-10-19-17)16-9-5-4-8-15(16)20-18(23)13-24-14-6-2-1-3-7-14/h1-9H,10-13H2,(H,19,22)(H,20,23). The molecule has 3 rings (SSSR count). The monoisotopic (exact) mass is 325 g/mol. The summed E-state index contributed by atoms with van der Waals surface area (Å²) in [6.45, 7) is 1.52. The molecule has 2 amide bonds. The van der Waals surface area contributed by atoms with Crippen LogP contribution in [-0.2, 0) is 9.59 Å². The Morgan fingerprint density at radius 2 is 1.88 bits per heavy atom. The number of hydrogen-bond donors (Lipinski definition) is 2. The van der Waals surface area contributed by atoms with Gasteiger partial charge in [0.2, 0.25) is 5.91 Å². The number of ether oxygens (including phenoxy) is 1. The quantitative estimate of drug-likeness (QED) is 0.877. The van der Waals surface area contributed by atoms with Crippen LogP contribution in [0.5, 0.6) is 5.75 Å². The molecule has 0 radical (unpaired) electrons. The van der Waals surface area contributed by atoms with E-state index in [1.165, 1.54) is 0 Å². The lowest BCUT2D eigenvalue weighted by Gasteiger charge is -2.30. The Hall–Kier alpha value is -3.02. The highest BCUT2D eigenvalue weighted by Crippen LogP contribution is 2.26. The fourth-order valence-electron chi connectivity index (χ4n) is 2.55. The molecule has 2 aromatic rings. The average molecular weight is 325 g/mol. The first kappa shape index (κ1) is 15.9. The van der Waals surface area contributed by atoms with E-state index in [2.05, 4.69) is 10.6 Å². The zero-order chi connectivity index (χ0) is 16.8. The first-order valence-electron chi connectivity index (χ1n) is 7.81. The molecule has 2 aromatic carbocycles. The zero-order valence-electron chi connectivity index (χ0n) is 13.2. The summed E-state index contributed by atoms with van der Waals surface area (Å²) in [6, 6.07) is 16.6. The van der Waals surface area contributed by atoms with Crippen molar-refractivity contribution in [1.82, 2.24) is 5.32 Å². The van der Waals surface area contributed by atoms with Crippen molar-refractivity contribution in [1.29, 1.82) is 0 Å².